The van der Waals surface area contributed by atoms with E-state index in [2.05, 4.69) is 32.9 Å². The number of hydrogen-bond donors (Lipinski definition) is 0. The highest BCUT2D eigenvalue weighted by atomic mass is 16.5. The molecule has 5 nitrogen and oxygen atoms in total. The van der Waals surface area contributed by atoms with E-state index in [4.69, 9.17) is 13.9 Å². The molecule has 0 aliphatic carbocycles. The number of ether oxygens (including phenoxy) is 2. The van der Waals surface area contributed by atoms with E-state index >= 15 is 0 Å². The molecule has 2 aromatic rings. The van der Waals surface area contributed by atoms with Gasteiger partial charge in [-0.1, -0.05) is 46.8 Å². The highest BCUT2D eigenvalue weighted by Crippen LogP contribution is 2.24. The number of benzene rings is 1. The molecule has 1 unspecified atom stereocenters. The molecule has 0 spiro atoms. The Morgan fingerprint density at radius 2 is 1.89 bits per heavy atom. The van der Waals surface area contributed by atoms with Crippen LogP contribution in [0.4, 0.5) is 0 Å². The highest BCUT2D eigenvalue weighted by molar-refractivity contribution is 5.91. The van der Waals surface area contributed by atoms with Crippen LogP contribution in [0.3, 0.4) is 0 Å². The number of carbonyl (C=O) groups excluding carboxylic acids is 1. The van der Waals surface area contributed by atoms with E-state index in [-0.39, 0.29) is 17.4 Å². The van der Waals surface area contributed by atoms with Gasteiger partial charge in [0.05, 0.1) is 19.4 Å². The largest absolute Gasteiger partial charge is 0.491 e. The van der Waals surface area contributed by atoms with Crippen LogP contribution in [0, 0.1) is 0 Å². The molecule has 0 saturated carbocycles. The SMILES string of the molecule is CC.CC(C)(C)c1ccc(OCC2CN(C(=O)c3ccco3)CCO2)cc1. The standard InChI is InChI=1S/C20H25NO4.C2H6/c1-20(2,3)15-6-8-16(9-7-15)25-14-17-13-21(10-12-23-17)19(22)18-5-4-11-24-18;1-2/h4-9,11,17H,10,12-14H2,1-3H3;1-2H3. The summed E-state index contributed by atoms with van der Waals surface area (Å²) in [5.74, 6) is 1.07. The molecule has 5 heteroatoms. The predicted molar refractivity (Wildman–Crippen MR) is 106 cm³/mol. The van der Waals surface area contributed by atoms with E-state index in [1.807, 2.05) is 26.0 Å². The third kappa shape index (κ3) is 5.86. The highest BCUT2D eigenvalue weighted by Gasteiger charge is 2.26. The first kappa shape index (κ1) is 21.0. The zero-order chi connectivity index (χ0) is 19.9. The molecule has 1 aromatic heterocycles. The molecule has 1 amide bonds. The monoisotopic (exact) mass is 373 g/mol. The van der Waals surface area contributed by atoms with Gasteiger partial charge in [-0.3, -0.25) is 4.79 Å². The first-order chi connectivity index (χ1) is 12.9. The van der Waals surface area contributed by atoms with Crippen LogP contribution in [0.5, 0.6) is 5.75 Å². The van der Waals surface area contributed by atoms with Crippen molar-refractivity contribution in [1.29, 1.82) is 0 Å². The first-order valence-corrected chi connectivity index (χ1v) is 9.61. The van der Waals surface area contributed by atoms with Crippen molar-refractivity contribution in [2.24, 2.45) is 0 Å². The Kier molecular flexibility index (Phi) is 7.48. The number of morpholine rings is 1. The Labute approximate surface area is 162 Å². The van der Waals surface area contributed by atoms with Crippen LogP contribution in [-0.2, 0) is 10.2 Å². The summed E-state index contributed by atoms with van der Waals surface area (Å²) in [4.78, 5) is 14.1. The second-order valence-electron chi connectivity index (χ2n) is 7.31. The van der Waals surface area contributed by atoms with Crippen LogP contribution in [0.15, 0.2) is 47.1 Å². The molecule has 148 valence electrons. The fourth-order valence-corrected chi connectivity index (χ4v) is 2.80. The Morgan fingerprint density at radius 1 is 1.19 bits per heavy atom. The number of amides is 1. The Balaban J connectivity index is 0.00000126. The molecule has 1 aromatic carbocycles. The van der Waals surface area contributed by atoms with Crippen LogP contribution in [0.1, 0.15) is 50.7 Å². The fraction of sp³-hybridized carbons (Fsp3) is 0.500. The number of carbonyl (C=O) groups is 1. The van der Waals surface area contributed by atoms with Crippen molar-refractivity contribution in [2.75, 3.05) is 26.3 Å². The first-order valence-electron chi connectivity index (χ1n) is 9.61. The van der Waals surface area contributed by atoms with Crippen molar-refractivity contribution in [3.05, 3.63) is 54.0 Å². The minimum Gasteiger partial charge on any atom is -0.491 e. The van der Waals surface area contributed by atoms with Crippen LogP contribution < -0.4 is 4.74 Å². The van der Waals surface area contributed by atoms with Gasteiger partial charge in [0.25, 0.3) is 5.91 Å². The molecule has 1 atom stereocenters. The maximum atomic E-state index is 12.3. The molecule has 2 heterocycles. The van der Waals surface area contributed by atoms with Crippen molar-refractivity contribution in [1.82, 2.24) is 4.90 Å². The van der Waals surface area contributed by atoms with Crippen molar-refractivity contribution in [3.63, 3.8) is 0 Å². The van der Waals surface area contributed by atoms with Crippen LogP contribution in [0.25, 0.3) is 0 Å². The summed E-state index contributed by atoms with van der Waals surface area (Å²) in [6, 6.07) is 11.5. The van der Waals surface area contributed by atoms with Crippen LogP contribution in [0.2, 0.25) is 0 Å². The molecule has 1 aliphatic rings. The summed E-state index contributed by atoms with van der Waals surface area (Å²) < 4.78 is 16.8. The van der Waals surface area contributed by atoms with E-state index in [9.17, 15) is 4.79 Å². The van der Waals surface area contributed by atoms with Crippen LogP contribution >= 0.6 is 0 Å². The lowest BCUT2D eigenvalue weighted by Crippen LogP contribution is -2.47. The lowest BCUT2D eigenvalue weighted by atomic mass is 9.87. The Bertz CT molecular complexity index is 686. The van der Waals surface area contributed by atoms with Gasteiger partial charge in [0, 0.05) is 6.54 Å². The third-order valence-electron chi connectivity index (χ3n) is 4.31. The lowest BCUT2D eigenvalue weighted by Gasteiger charge is -2.32. The number of furan rings is 1. The summed E-state index contributed by atoms with van der Waals surface area (Å²) in [5.41, 5.74) is 1.39. The van der Waals surface area contributed by atoms with E-state index in [0.717, 1.165) is 5.75 Å². The van der Waals surface area contributed by atoms with Crippen molar-refractivity contribution < 1.29 is 18.7 Å². The summed E-state index contributed by atoms with van der Waals surface area (Å²) >= 11 is 0. The van der Waals surface area contributed by atoms with Gasteiger partial charge < -0.3 is 18.8 Å². The average Bonchev–Trinajstić information content (AvgIpc) is 3.22. The maximum Gasteiger partial charge on any atom is 0.289 e. The average molecular weight is 373 g/mol. The normalized spacial score (nSPS) is 17.1. The third-order valence-corrected chi connectivity index (χ3v) is 4.31. The lowest BCUT2D eigenvalue weighted by molar-refractivity contribution is -0.0408. The summed E-state index contributed by atoms with van der Waals surface area (Å²) in [6.45, 7) is 12.5. The topological polar surface area (TPSA) is 51.9 Å². The summed E-state index contributed by atoms with van der Waals surface area (Å²) in [6.07, 6.45) is 1.37. The number of hydrogen-bond acceptors (Lipinski definition) is 4. The van der Waals surface area contributed by atoms with Gasteiger partial charge in [-0.05, 0) is 35.2 Å². The molecule has 1 aliphatic heterocycles. The van der Waals surface area contributed by atoms with Gasteiger partial charge >= 0.3 is 0 Å². The number of rotatable bonds is 4. The second kappa shape index (κ2) is 9.60. The summed E-state index contributed by atoms with van der Waals surface area (Å²) in [7, 11) is 0. The summed E-state index contributed by atoms with van der Waals surface area (Å²) in [5, 5.41) is 0. The molecule has 1 fully saturated rings. The van der Waals surface area contributed by atoms with Gasteiger partial charge in [0.1, 0.15) is 18.5 Å². The Morgan fingerprint density at radius 3 is 2.48 bits per heavy atom. The van der Waals surface area contributed by atoms with E-state index in [0.29, 0.717) is 32.1 Å². The molecule has 1 saturated heterocycles. The van der Waals surface area contributed by atoms with Crippen molar-refractivity contribution in [3.8, 4) is 5.75 Å². The second-order valence-corrected chi connectivity index (χ2v) is 7.31. The molecular formula is C22H31NO4. The zero-order valence-electron chi connectivity index (χ0n) is 17.0. The zero-order valence-corrected chi connectivity index (χ0v) is 17.0. The van der Waals surface area contributed by atoms with Gasteiger partial charge in [0.15, 0.2) is 5.76 Å². The van der Waals surface area contributed by atoms with Crippen LogP contribution in [-0.4, -0.2) is 43.2 Å². The minimum absolute atomic E-state index is 0.104. The maximum absolute atomic E-state index is 12.3. The molecular weight excluding hydrogens is 342 g/mol. The molecule has 0 bridgehead atoms. The Hall–Kier alpha value is -2.27. The molecule has 3 rings (SSSR count). The van der Waals surface area contributed by atoms with Gasteiger partial charge in [0.2, 0.25) is 0 Å². The molecule has 27 heavy (non-hydrogen) atoms. The van der Waals surface area contributed by atoms with E-state index < -0.39 is 0 Å². The molecule has 0 N–H and O–H groups in total. The fourth-order valence-electron chi connectivity index (χ4n) is 2.80. The van der Waals surface area contributed by atoms with Crippen molar-refractivity contribution >= 4 is 5.91 Å². The van der Waals surface area contributed by atoms with Crippen molar-refractivity contribution in [2.45, 2.75) is 46.1 Å². The molecule has 0 radical (unpaired) electrons. The quantitative estimate of drug-likeness (QED) is 0.790. The van der Waals surface area contributed by atoms with E-state index in [1.54, 1.807) is 17.0 Å². The predicted octanol–water partition coefficient (Wildman–Crippen LogP) is 4.52. The minimum atomic E-state index is -0.144. The van der Waals surface area contributed by atoms with Gasteiger partial charge in [-0.15, -0.1) is 0 Å². The smallest absolute Gasteiger partial charge is 0.289 e. The van der Waals surface area contributed by atoms with Gasteiger partial charge in [-0.2, -0.15) is 0 Å². The van der Waals surface area contributed by atoms with E-state index in [1.165, 1.54) is 11.8 Å². The number of nitrogens with zero attached hydrogens (tertiary/aromatic N) is 1. The van der Waals surface area contributed by atoms with Gasteiger partial charge in [-0.25, -0.2) is 0 Å².